The van der Waals surface area contributed by atoms with Gasteiger partial charge in [0.1, 0.15) is 0 Å². The van der Waals surface area contributed by atoms with Crippen molar-refractivity contribution in [3.05, 3.63) is 54.3 Å². The van der Waals surface area contributed by atoms with Gasteiger partial charge in [-0.1, -0.05) is 24.3 Å². The van der Waals surface area contributed by atoms with E-state index in [-0.39, 0.29) is 11.7 Å². The Bertz CT molecular complexity index is 633. The van der Waals surface area contributed by atoms with Crippen LogP contribution in [0.1, 0.15) is 6.92 Å². The average molecular weight is 305 g/mol. The average Bonchev–Trinajstić information content (AvgIpc) is 2.50. The smallest absolute Gasteiger partial charge is 0.265 e. The Morgan fingerprint density at radius 1 is 1.19 bits per heavy atom. The Morgan fingerprint density at radius 2 is 1.86 bits per heavy atom. The number of carbonyl (C=O) groups is 1. The summed E-state index contributed by atoms with van der Waals surface area (Å²) in [4.78, 5) is 13.1. The first-order chi connectivity index (χ1) is 10.1. The number of ether oxygens (including phenoxy) is 1. The van der Waals surface area contributed by atoms with E-state index in [9.17, 15) is 9.18 Å². The van der Waals surface area contributed by atoms with Crippen molar-refractivity contribution in [2.45, 2.75) is 17.9 Å². The van der Waals surface area contributed by atoms with Gasteiger partial charge in [0.2, 0.25) is 0 Å². The molecule has 2 aromatic rings. The Labute approximate surface area is 127 Å². The maximum atomic E-state index is 13.5. The number of halogens is 1. The number of benzene rings is 2. The zero-order chi connectivity index (χ0) is 15.2. The number of anilines is 1. The summed E-state index contributed by atoms with van der Waals surface area (Å²) in [5.41, 5.74) is 0.721. The molecule has 0 saturated carbocycles. The van der Waals surface area contributed by atoms with E-state index in [2.05, 4.69) is 5.32 Å². The van der Waals surface area contributed by atoms with Crippen molar-refractivity contribution < 1.29 is 13.9 Å². The lowest BCUT2D eigenvalue weighted by Gasteiger charge is -2.16. The first kappa shape index (κ1) is 15.4. The van der Waals surface area contributed by atoms with Crippen molar-refractivity contribution in [1.29, 1.82) is 0 Å². The molecule has 5 heteroatoms. The van der Waals surface area contributed by atoms with Crippen molar-refractivity contribution in [3.8, 4) is 5.75 Å². The van der Waals surface area contributed by atoms with E-state index in [1.54, 1.807) is 30.8 Å². The first-order valence-corrected chi connectivity index (χ1v) is 7.69. The normalized spacial score (nSPS) is 11.8. The van der Waals surface area contributed by atoms with E-state index >= 15 is 0 Å². The van der Waals surface area contributed by atoms with Crippen LogP contribution in [0.4, 0.5) is 10.1 Å². The summed E-state index contributed by atoms with van der Waals surface area (Å²) in [5.74, 6) is -0.736. The molecule has 1 N–H and O–H groups in total. The summed E-state index contributed by atoms with van der Waals surface area (Å²) >= 11 is 1.54. The van der Waals surface area contributed by atoms with E-state index in [1.165, 1.54) is 12.1 Å². The minimum absolute atomic E-state index is 0.0679. The van der Waals surface area contributed by atoms with Crippen LogP contribution in [0.3, 0.4) is 0 Å². The number of hydrogen-bond acceptors (Lipinski definition) is 3. The highest BCUT2D eigenvalue weighted by Gasteiger charge is 2.17. The molecule has 0 fully saturated rings. The molecule has 0 spiro atoms. The Kier molecular flexibility index (Phi) is 5.22. The maximum absolute atomic E-state index is 13.5. The van der Waals surface area contributed by atoms with E-state index in [4.69, 9.17) is 4.74 Å². The van der Waals surface area contributed by atoms with Crippen LogP contribution in [0.25, 0.3) is 0 Å². The van der Waals surface area contributed by atoms with Gasteiger partial charge in [-0.15, -0.1) is 11.8 Å². The fraction of sp³-hybridized carbons (Fsp3) is 0.188. The first-order valence-electron chi connectivity index (χ1n) is 6.47. The van der Waals surface area contributed by atoms with Gasteiger partial charge in [0, 0.05) is 4.90 Å². The molecule has 21 heavy (non-hydrogen) atoms. The molecular weight excluding hydrogens is 289 g/mol. The maximum Gasteiger partial charge on any atom is 0.265 e. The summed E-state index contributed by atoms with van der Waals surface area (Å²) in [6.45, 7) is 1.59. The van der Waals surface area contributed by atoms with Crippen molar-refractivity contribution in [2.24, 2.45) is 0 Å². The van der Waals surface area contributed by atoms with Gasteiger partial charge in [0.05, 0.1) is 5.69 Å². The van der Waals surface area contributed by atoms with Crippen LogP contribution in [-0.4, -0.2) is 18.3 Å². The molecule has 0 bridgehead atoms. The zero-order valence-corrected chi connectivity index (χ0v) is 12.6. The molecule has 1 amide bonds. The number of thioether (sulfide) groups is 1. The van der Waals surface area contributed by atoms with E-state index in [1.807, 2.05) is 30.5 Å². The van der Waals surface area contributed by atoms with Crippen LogP contribution in [-0.2, 0) is 4.79 Å². The predicted molar refractivity (Wildman–Crippen MR) is 83.3 cm³/mol. The summed E-state index contributed by atoms with van der Waals surface area (Å²) in [7, 11) is 0. The van der Waals surface area contributed by atoms with Gasteiger partial charge < -0.3 is 10.1 Å². The van der Waals surface area contributed by atoms with Gasteiger partial charge in [-0.3, -0.25) is 4.79 Å². The molecule has 110 valence electrons. The van der Waals surface area contributed by atoms with Crippen LogP contribution >= 0.6 is 11.8 Å². The molecule has 0 aromatic heterocycles. The number of carbonyl (C=O) groups excluding carboxylic acids is 1. The minimum Gasteiger partial charge on any atom is -0.478 e. The van der Waals surface area contributed by atoms with Gasteiger partial charge in [0.25, 0.3) is 5.91 Å². The predicted octanol–water partition coefficient (Wildman–Crippen LogP) is 3.95. The largest absolute Gasteiger partial charge is 0.478 e. The van der Waals surface area contributed by atoms with Crippen LogP contribution in [0.5, 0.6) is 5.75 Å². The van der Waals surface area contributed by atoms with Crippen LogP contribution in [0.2, 0.25) is 0 Å². The molecule has 3 nitrogen and oxygen atoms in total. The standard InChI is InChI=1S/C16H16FNO2S/c1-11(20-14-9-5-3-7-12(14)17)16(19)18-13-8-4-6-10-15(13)21-2/h3-11H,1-2H3,(H,18,19). The molecule has 2 aromatic carbocycles. The molecule has 0 saturated heterocycles. The highest BCUT2D eigenvalue weighted by molar-refractivity contribution is 7.98. The molecule has 1 unspecified atom stereocenters. The number of para-hydroxylation sites is 2. The SMILES string of the molecule is CSc1ccccc1NC(=O)C(C)Oc1ccccc1F. The van der Waals surface area contributed by atoms with Crippen molar-refractivity contribution >= 4 is 23.4 Å². The molecule has 0 radical (unpaired) electrons. The third kappa shape index (κ3) is 3.98. The molecule has 0 aliphatic heterocycles. The fourth-order valence-corrected chi connectivity index (χ4v) is 2.32. The van der Waals surface area contributed by atoms with Crippen LogP contribution < -0.4 is 10.1 Å². The minimum atomic E-state index is -0.795. The monoisotopic (exact) mass is 305 g/mol. The second-order valence-corrected chi connectivity index (χ2v) is 5.23. The quantitative estimate of drug-likeness (QED) is 0.850. The van der Waals surface area contributed by atoms with Gasteiger partial charge in [0.15, 0.2) is 17.7 Å². The number of hydrogen-bond donors (Lipinski definition) is 1. The summed E-state index contributed by atoms with van der Waals surface area (Å²) < 4.78 is 18.9. The Hall–Kier alpha value is -2.01. The van der Waals surface area contributed by atoms with Gasteiger partial charge >= 0.3 is 0 Å². The highest BCUT2D eigenvalue weighted by Crippen LogP contribution is 2.25. The summed E-state index contributed by atoms with van der Waals surface area (Å²) in [6, 6.07) is 13.5. The molecule has 2 rings (SSSR count). The number of nitrogens with one attached hydrogen (secondary N) is 1. The lowest BCUT2D eigenvalue weighted by atomic mass is 10.3. The number of amides is 1. The lowest BCUT2D eigenvalue weighted by Crippen LogP contribution is -2.30. The second-order valence-electron chi connectivity index (χ2n) is 4.38. The van der Waals surface area contributed by atoms with Crippen molar-refractivity contribution in [3.63, 3.8) is 0 Å². The lowest BCUT2D eigenvalue weighted by molar-refractivity contribution is -0.122. The molecule has 0 aliphatic rings. The van der Waals surface area contributed by atoms with Gasteiger partial charge in [-0.2, -0.15) is 0 Å². The summed E-state index contributed by atoms with van der Waals surface area (Å²) in [6.07, 6.45) is 1.14. The zero-order valence-electron chi connectivity index (χ0n) is 11.8. The van der Waals surface area contributed by atoms with Gasteiger partial charge in [-0.25, -0.2) is 4.39 Å². The van der Waals surface area contributed by atoms with E-state index in [0.29, 0.717) is 0 Å². The van der Waals surface area contributed by atoms with E-state index in [0.717, 1.165) is 10.6 Å². The summed E-state index contributed by atoms with van der Waals surface area (Å²) in [5, 5.41) is 2.79. The van der Waals surface area contributed by atoms with Gasteiger partial charge in [-0.05, 0) is 37.4 Å². The van der Waals surface area contributed by atoms with Crippen LogP contribution in [0.15, 0.2) is 53.4 Å². The van der Waals surface area contributed by atoms with Crippen molar-refractivity contribution in [2.75, 3.05) is 11.6 Å². The molecular formula is C16H16FNO2S. The third-order valence-corrected chi connectivity index (χ3v) is 3.67. The second kappa shape index (κ2) is 7.13. The topological polar surface area (TPSA) is 38.3 Å². The highest BCUT2D eigenvalue weighted by atomic mass is 32.2. The number of rotatable bonds is 5. The Balaban J connectivity index is 2.05. The Morgan fingerprint density at radius 3 is 2.57 bits per heavy atom. The molecule has 1 atom stereocenters. The fourth-order valence-electron chi connectivity index (χ4n) is 1.77. The van der Waals surface area contributed by atoms with Crippen LogP contribution in [0, 0.1) is 5.82 Å². The van der Waals surface area contributed by atoms with E-state index < -0.39 is 11.9 Å². The van der Waals surface area contributed by atoms with Crippen molar-refractivity contribution in [1.82, 2.24) is 0 Å². The molecule has 0 heterocycles. The molecule has 0 aliphatic carbocycles. The third-order valence-electron chi connectivity index (χ3n) is 2.87.